The Morgan fingerprint density at radius 1 is 0.975 bits per heavy atom. The fourth-order valence-electron chi connectivity index (χ4n) is 5.84. The molecule has 2 heterocycles. The number of halogens is 1. The van der Waals surface area contributed by atoms with Gasteiger partial charge in [0, 0.05) is 37.5 Å². The molecule has 2 aromatic carbocycles. The van der Waals surface area contributed by atoms with E-state index in [0.717, 1.165) is 16.7 Å². The molecule has 0 spiro atoms. The van der Waals surface area contributed by atoms with Crippen LogP contribution in [-0.2, 0) is 4.57 Å². The number of nitrogens with zero attached hydrogens (tertiary/aromatic N) is 4. The quantitative estimate of drug-likeness (QED) is 0.306. The first kappa shape index (κ1) is 28.9. The number of aromatic nitrogens is 2. The number of anilines is 4. The summed E-state index contributed by atoms with van der Waals surface area (Å²) >= 11 is 6.43. The van der Waals surface area contributed by atoms with Gasteiger partial charge in [-0.25, -0.2) is 4.98 Å². The van der Waals surface area contributed by atoms with Gasteiger partial charge in [-0.3, -0.25) is 4.90 Å². The molecule has 8 nitrogen and oxygen atoms in total. The number of benzene rings is 2. The molecule has 0 radical (unpaired) electrons. The molecule has 1 aliphatic heterocycles. The molecule has 1 aromatic heterocycles. The molecule has 5 rings (SSSR count). The second-order valence-electron chi connectivity index (χ2n) is 11.3. The van der Waals surface area contributed by atoms with Crippen LogP contribution >= 0.6 is 18.7 Å². The number of para-hydroxylation sites is 1. The topological polar surface area (TPSA) is 82.6 Å². The highest BCUT2D eigenvalue weighted by Gasteiger charge is 2.28. The van der Waals surface area contributed by atoms with Gasteiger partial charge in [-0.15, -0.1) is 0 Å². The van der Waals surface area contributed by atoms with Crippen molar-refractivity contribution in [3.63, 3.8) is 0 Å². The van der Waals surface area contributed by atoms with Crippen molar-refractivity contribution in [2.24, 2.45) is 0 Å². The Morgan fingerprint density at radius 2 is 1.70 bits per heavy atom. The van der Waals surface area contributed by atoms with Crippen LogP contribution in [0.2, 0.25) is 5.02 Å². The lowest BCUT2D eigenvalue weighted by Gasteiger charge is -2.41. The molecular weight excluding hydrogens is 543 g/mol. The summed E-state index contributed by atoms with van der Waals surface area (Å²) in [5.74, 6) is 2.13. The predicted octanol–water partition coefficient (Wildman–Crippen LogP) is 6.15. The SMILES string of the molecule is COc1cc(C2CCC(N3CCN(C)CC3)CC2)ccc1Nc1ncc(Cl)c(Nc2ccccc2P(C)(C)=O)n1. The fourth-order valence-corrected chi connectivity index (χ4v) is 7.13. The average molecular weight is 583 g/mol. The van der Waals surface area contributed by atoms with Crippen LogP contribution in [0.15, 0.2) is 48.7 Å². The number of nitrogens with one attached hydrogen (secondary N) is 2. The number of rotatable bonds is 8. The van der Waals surface area contributed by atoms with Gasteiger partial charge in [0.2, 0.25) is 5.95 Å². The lowest BCUT2D eigenvalue weighted by Crippen LogP contribution is -2.49. The highest BCUT2D eigenvalue weighted by atomic mass is 35.5. The Bertz CT molecular complexity index is 1370. The summed E-state index contributed by atoms with van der Waals surface area (Å²) in [5.41, 5.74) is 2.82. The maximum atomic E-state index is 12.8. The van der Waals surface area contributed by atoms with Gasteiger partial charge in [0.1, 0.15) is 17.9 Å². The van der Waals surface area contributed by atoms with Gasteiger partial charge in [0.25, 0.3) is 0 Å². The van der Waals surface area contributed by atoms with E-state index in [1.54, 1.807) is 26.6 Å². The molecule has 0 bridgehead atoms. The summed E-state index contributed by atoms with van der Waals surface area (Å²) in [4.78, 5) is 14.1. The minimum Gasteiger partial charge on any atom is -0.495 e. The van der Waals surface area contributed by atoms with Crippen molar-refractivity contribution in [3.05, 3.63) is 59.2 Å². The third-order valence-corrected chi connectivity index (χ3v) is 10.0. The highest BCUT2D eigenvalue weighted by Crippen LogP contribution is 2.40. The highest BCUT2D eigenvalue weighted by molar-refractivity contribution is 7.70. The Morgan fingerprint density at radius 3 is 2.40 bits per heavy atom. The second-order valence-corrected chi connectivity index (χ2v) is 14.9. The minimum absolute atomic E-state index is 0.372. The Kier molecular flexibility index (Phi) is 9.01. The van der Waals surface area contributed by atoms with Gasteiger partial charge in [0.15, 0.2) is 5.82 Å². The molecule has 0 amide bonds. The van der Waals surface area contributed by atoms with Crippen LogP contribution in [0.4, 0.5) is 23.1 Å². The molecule has 0 unspecified atom stereocenters. The first-order valence-corrected chi connectivity index (χ1v) is 17.0. The monoisotopic (exact) mass is 582 g/mol. The third kappa shape index (κ3) is 6.80. The standard InChI is InChI=1S/C30H40ClN6O2P/c1-36-15-17-37(18-16-36)23-12-9-21(10-13-23)22-11-14-25(27(19-22)39-2)34-30-32-20-24(31)29(35-30)33-26-7-5-6-8-28(26)40(3,4)38/h5-8,11,14,19-21,23H,9-10,12-13,15-18H2,1-4H3,(H2,32,33,34,35). The molecule has 40 heavy (non-hydrogen) atoms. The lowest BCUT2D eigenvalue weighted by molar-refractivity contribution is 0.0878. The summed E-state index contributed by atoms with van der Waals surface area (Å²) in [5, 5.41) is 7.66. The van der Waals surface area contributed by atoms with E-state index in [2.05, 4.69) is 49.6 Å². The summed E-state index contributed by atoms with van der Waals surface area (Å²) in [6.45, 7) is 8.22. The van der Waals surface area contributed by atoms with E-state index in [4.69, 9.17) is 16.3 Å². The van der Waals surface area contributed by atoms with E-state index >= 15 is 0 Å². The molecule has 2 N–H and O–H groups in total. The van der Waals surface area contributed by atoms with Gasteiger partial charge < -0.3 is 24.8 Å². The average Bonchev–Trinajstić information content (AvgIpc) is 2.95. The van der Waals surface area contributed by atoms with Gasteiger partial charge in [-0.1, -0.05) is 29.8 Å². The van der Waals surface area contributed by atoms with Crippen molar-refractivity contribution in [2.75, 3.05) is 64.3 Å². The lowest BCUT2D eigenvalue weighted by atomic mass is 9.81. The van der Waals surface area contributed by atoms with Crippen molar-refractivity contribution in [2.45, 2.75) is 37.6 Å². The van der Waals surface area contributed by atoms with Crippen molar-refractivity contribution in [1.29, 1.82) is 0 Å². The first-order chi connectivity index (χ1) is 19.2. The summed E-state index contributed by atoms with van der Waals surface area (Å²) in [7, 11) is 1.40. The van der Waals surface area contributed by atoms with E-state index in [1.807, 2.05) is 30.3 Å². The number of ether oxygens (including phenoxy) is 1. The zero-order valence-electron chi connectivity index (χ0n) is 23.9. The molecule has 1 saturated heterocycles. The van der Waals surface area contributed by atoms with E-state index in [-0.39, 0.29) is 0 Å². The van der Waals surface area contributed by atoms with Gasteiger partial charge in [0.05, 0.1) is 24.7 Å². The predicted molar refractivity (Wildman–Crippen MR) is 166 cm³/mol. The van der Waals surface area contributed by atoms with E-state index in [1.165, 1.54) is 57.4 Å². The summed E-state index contributed by atoms with van der Waals surface area (Å²) in [6, 6.07) is 14.6. The molecule has 3 aromatic rings. The van der Waals surface area contributed by atoms with Gasteiger partial charge >= 0.3 is 0 Å². The number of likely N-dealkylation sites (N-methyl/N-ethyl adjacent to an activating group) is 1. The van der Waals surface area contributed by atoms with E-state index in [0.29, 0.717) is 34.4 Å². The molecule has 214 valence electrons. The summed E-state index contributed by atoms with van der Waals surface area (Å²) in [6.07, 6.45) is 6.46. The fraction of sp³-hybridized carbons (Fsp3) is 0.467. The molecule has 1 saturated carbocycles. The molecule has 2 fully saturated rings. The zero-order valence-corrected chi connectivity index (χ0v) is 25.5. The molecule has 2 aliphatic rings. The van der Waals surface area contributed by atoms with Crippen LogP contribution in [0.25, 0.3) is 0 Å². The van der Waals surface area contributed by atoms with Gasteiger partial charge in [-0.05, 0) is 81.8 Å². The molecule has 1 aliphatic carbocycles. The number of piperazine rings is 1. The molecule has 10 heteroatoms. The van der Waals surface area contributed by atoms with Crippen LogP contribution in [0.1, 0.15) is 37.2 Å². The maximum Gasteiger partial charge on any atom is 0.229 e. The van der Waals surface area contributed by atoms with Crippen molar-refractivity contribution in [1.82, 2.24) is 19.8 Å². The first-order valence-electron chi connectivity index (χ1n) is 14.0. The van der Waals surface area contributed by atoms with Gasteiger partial charge in [-0.2, -0.15) is 4.98 Å². The summed E-state index contributed by atoms with van der Waals surface area (Å²) < 4.78 is 18.6. The Balaban J connectivity index is 1.27. The van der Waals surface area contributed by atoms with Crippen LogP contribution in [-0.4, -0.2) is 79.5 Å². The number of hydrogen-bond donors (Lipinski definition) is 2. The van der Waals surface area contributed by atoms with Crippen molar-refractivity contribution in [3.8, 4) is 5.75 Å². The smallest absolute Gasteiger partial charge is 0.229 e. The van der Waals surface area contributed by atoms with Crippen LogP contribution in [0, 0.1) is 0 Å². The third-order valence-electron chi connectivity index (χ3n) is 8.18. The normalized spacial score (nSPS) is 20.7. The molecule has 0 atom stereocenters. The van der Waals surface area contributed by atoms with Crippen LogP contribution < -0.4 is 20.7 Å². The van der Waals surface area contributed by atoms with Crippen LogP contribution in [0.5, 0.6) is 5.75 Å². The second kappa shape index (κ2) is 12.5. The van der Waals surface area contributed by atoms with Crippen LogP contribution in [0.3, 0.4) is 0 Å². The van der Waals surface area contributed by atoms with E-state index < -0.39 is 7.14 Å². The Labute approximate surface area is 242 Å². The Hall–Kier alpha value is -2.64. The minimum atomic E-state index is -2.50. The van der Waals surface area contributed by atoms with E-state index in [9.17, 15) is 4.57 Å². The zero-order chi connectivity index (χ0) is 28.3. The number of hydrogen-bond acceptors (Lipinski definition) is 8. The van der Waals surface area contributed by atoms with Crippen molar-refractivity contribution >= 4 is 47.2 Å². The van der Waals surface area contributed by atoms with Crippen molar-refractivity contribution < 1.29 is 9.30 Å². The largest absolute Gasteiger partial charge is 0.495 e. The maximum absolute atomic E-state index is 12.8. The molecular formula is C30H40ClN6O2P. The number of methoxy groups -OCH3 is 1.